The van der Waals surface area contributed by atoms with Crippen LogP contribution in [-0.4, -0.2) is 40.7 Å². The van der Waals surface area contributed by atoms with Crippen molar-refractivity contribution in [1.29, 1.82) is 0 Å². The molecule has 0 unspecified atom stereocenters. The van der Waals surface area contributed by atoms with Crippen LogP contribution in [0.2, 0.25) is 0 Å². The predicted octanol–water partition coefficient (Wildman–Crippen LogP) is 2.04. The Hall–Kier alpha value is -2.40. The molecule has 2 aromatic heterocycles. The maximum atomic E-state index is 4.77. The molecule has 0 aliphatic carbocycles. The number of fused-ring (bicyclic) bond motifs is 1. The van der Waals surface area contributed by atoms with Crippen molar-refractivity contribution in [3.8, 4) is 11.4 Å². The van der Waals surface area contributed by atoms with Gasteiger partial charge in [-0.2, -0.15) is 0 Å². The van der Waals surface area contributed by atoms with Gasteiger partial charge in [-0.25, -0.2) is 9.97 Å². The lowest BCUT2D eigenvalue weighted by Crippen LogP contribution is -2.43. The van der Waals surface area contributed by atoms with E-state index in [2.05, 4.69) is 45.0 Å². The van der Waals surface area contributed by atoms with Crippen LogP contribution in [-0.2, 0) is 7.05 Å². The summed E-state index contributed by atoms with van der Waals surface area (Å²) in [6, 6.07) is 12.4. The van der Waals surface area contributed by atoms with E-state index >= 15 is 0 Å². The van der Waals surface area contributed by atoms with E-state index in [1.807, 2.05) is 24.4 Å². The second-order valence-corrected chi connectivity index (χ2v) is 5.62. The Morgan fingerprint density at radius 2 is 1.91 bits per heavy atom. The molecule has 0 radical (unpaired) electrons. The third-order valence-corrected chi connectivity index (χ3v) is 4.23. The van der Waals surface area contributed by atoms with Crippen LogP contribution in [0.4, 0.5) is 5.82 Å². The highest BCUT2D eigenvalue weighted by Gasteiger charge is 2.14. The van der Waals surface area contributed by atoms with E-state index in [9.17, 15) is 0 Å². The quantitative estimate of drug-likeness (QED) is 0.785. The van der Waals surface area contributed by atoms with Crippen molar-refractivity contribution >= 4 is 16.9 Å². The molecular weight excluding hydrogens is 274 g/mol. The Bertz CT molecular complexity index is 802. The molecule has 5 nitrogen and oxygen atoms in total. The van der Waals surface area contributed by atoms with Crippen molar-refractivity contribution < 1.29 is 0 Å². The summed E-state index contributed by atoms with van der Waals surface area (Å²) in [5.41, 5.74) is 3.29. The van der Waals surface area contributed by atoms with E-state index in [1.165, 1.54) is 0 Å². The zero-order chi connectivity index (χ0) is 14.9. The molecule has 1 aromatic carbocycles. The van der Waals surface area contributed by atoms with E-state index in [4.69, 9.17) is 4.98 Å². The Labute approximate surface area is 129 Å². The summed E-state index contributed by atoms with van der Waals surface area (Å²) in [6.45, 7) is 4.02. The number of pyridine rings is 1. The van der Waals surface area contributed by atoms with Crippen LogP contribution < -0.4 is 10.2 Å². The molecule has 3 heterocycles. The fourth-order valence-corrected chi connectivity index (χ4v) is 3.03. The van der Waals surface area contributed by atoms with Gasteiger partial charge in [-0.15, -0.1) is 0 Å². The van der Waals surface area contributed by atoms with Crippen LogP contribution in [0.5, 0.6) is 0 Å². The summed E-state index contributed by atoms with van der Waals surface area (Å²) in [5.74, 6) is 2.02. The number of imidazole rings is 1. The van der Waals surface area contributed by atoms with E-state index in [-0.39, 0.29) is 0 Å². The maximum absolute atomic E-state index is 4.77. The summed E-state index contributed by atoms with van der Waals surface area (Å²) in [4.78, 5) is 11.6. The third kappa shape index (κ3) is 2.23. The molecule has 0 spiro atoms. The van der Waals surface area contributed by atoms with E-state index < -0.39 is 0 Å². The standard InChI is InChI=1S/C17H19N5/c1-21-15-5-3-2-4-14(15)20-17(21)13-6-7-19-16(12-13)22-10-8-18-9-11-22/h2-7,12,18H,8-11H2,1H3. The highest BCUT2D eigenvalue weighted by atomic mass is 15.2. The number of benzene rings is 1. The number of aromatic nitrogens is 3. The normalized spacial score (nSPS) is 15.4. The number of nitrogens with one attached hydrogen (secondary N) is 1. The maximum Gasteiger partial charge on any atom is 0.141 e. The van der Waals surface area contributed by atoms with Gasteiger partial charge >= 0.3 is 0 Å². The minimum Gasteiger partial charge on any atom is -0.354 e. The number of piperazine rings is 1. The summed E-state index contributed by atoms with van der Waals surface area (Å²) >= 11 is 0. The number of para-hydroxylation sites is 2. The van der Waals surface area contributed by atoms with Crippen LogP contribution in [0.15, 0.2) is 42.6 Å². The first-order chi connectivity index (χ1) is 10.8. The van der Waals surface area contributed by atoms with Gasteiger partial charge in [0.15, 0.2) is 0 Å². The molecule has 1 aliphatic rings. The fraction of sp³-hybridized carbons (Fsp3) is 0.294. The van der Waals surface area contributed by atoms with Gasteiger partial charge in [0.2, 0.25) is 0 Å². The first-order valence-electron chi connectivity index (χ1n) is 7.66. The number of aryl methyl sites for hydroxylation is 1. The number of hydrogen-bond acceptors (Lipinski definition) is 4. The van der Waals surface area contributed by atoms with E-state index in [0.29, 0.717) is 0 Å². The summed E-state index contributed by atoms with van der Waals surface area (Å²) in [6.07, 6.45) is 1.88. The largest absolute Gasteiger partial charge is 0.354 e. The van der Waals surface area contributed by atoms with Crippen LogP contribution in [0, 0.1) is 0 Å². The molecule has 5 heteroatoms. The number of nitrogens with zero attached hydrogens (tertiary/aromatic N) is 4. The molecule has 1 fully saturated rings. The highest BCUT2D eigenvalue weighted by molar-refractivity contribution is 5.80. The van der Waals surface area contributed by atoms with Gasteiger partial charge < -0.3 is 14.8 Å². The van der Waals surface area contributed by atoms with Crippen LogP contribution in [0.3, 0.4) is 0 Å². The van der Waals surface area contributed by atoms with E-state index in [1.54, 1.807) is 0 Å². The Balaban J connectivity index is 1.76. The smallest absolute Gasteiger partial charge is 0.141 e. The van der Waals surface area contributed by atoms with Crippen molar-refractivity contribution in [1.82, 2.24) is 19.9 Å². The first-order valence-corrected chi connectivity index (χ1v) is 7.66. The monoisotopic (exact) mass is 293 g/mol. The van der Waals surface area contributed by atoms with Crippen LogP contribution >= 0.6 is 0 Å². The van der Waals surface area contributed by atoms with Gasteiger partial charge in [-0.3, -0.25) is 0 Å². The van der Waals surface area contributed by atoms with Gasteiger partial charge in [0, 0.05) is 45.0 Å². The first kappa shape index (κ1) is 13.3. The molecule has 0 atom stereocenters. The molecular formula is C17H19N5. The minimum absolute atomic E-state index is 0.986. The topological polar surface area (TPSA) is 46.0 Å². The molecule has 112 valence electrons. The van der Waals surface area contributed by atoms with Gasteiger partial charge in [-0.1, -0.05) is 12.1 Å². The predicted molar refractivity (Wildman–Crippen MR) is 89.0 cm³/mol. The molecule has 1 aliphatic heterocycles. The molecule has 1 N–H and O–H groups in total. The number of anilines is 1. The molecule has 4 rings (SSSR count). The van der Waals surface area contributed by atoms with Crippen molar-refractivity contribution in [2.45, 2.75) is 0 Å². The lowest BCUT2D eigenvalue weighted by Gasteiger charge is -2.28. The second kappa shape index (κ2) is 5.42. The lowest BCUT2D eigenvalue weighted by molar-refractivity contribution is 0.585. The highest BCUT2D eigenvalue weighted by Crippen LogP contribution is 2.25. The average molecular weight is 293 g/mol. The summed E-state index contributed by atoms with van der Waals surface area (Å²) in [5, 5.41) is 3.37. The lowest BCUT2D eigenvalue weighted by atomic mass is 10.2. The van der Waals surface area contributed by atoms with Gasteiger partial charge in [0.05, 0.1) is 11.0 Å². The Kier molecular flexibility index (Phi) is 3.27. The molecule has 0 saturated carbocycles. The zero-order valence-electron chi connectivity index (χ0n) is 12.7. The molecule has 22 heavy (non-hydrogen) atoms. The molecule has 0 amide bonds. The SMILES string of the molecule is Cn1c(-c2ccnc(N3CCNCC3)c2)nc2ccccc21. The third-order valence-electron chi connectivity index (χ3n) is 4.23. The molecule has 1 saturated heterocycles. The van der Waals surface area contributed by atoms with Gasteiger partial charge in [0.25, 0.3) is 0 Å². The number of hydrogen-bond donors (Lipinski definition) is 1. The van der Waals surface area contributed by atoms with Crippen LogP contribution in [0.25, 0.3) is 22.4 Å². The van der Waals surface area contributed by atoms with Crippen LogP contribution in [0.1, 0.15) is 0 Å². The van der Waals surface area contributed by atoms with Crippen molar-refractivity contribution in [3.63, 3.8) is 0 Å². The zero-order valence-corrected chi connectivity index (χ0v) is 12.7. The molecule has 3 aromatic rings. The minimum atomic E-state index is 0.986. The summed E-state index contributed by atoms with van der Waals surface area (Å²) < 4.78 is 2.15. The number of rotatable bonds is 2. The van der Waals surface area contributed by atoms with Crippen molar-refractivity contribution in [3.05, 3.63) is 42.6 Å². The summed E-state index contributed by atoms with van der Waals surface area (Å²) in [7, 11) is 2.07. The van der Waals surface area contributed by atoms with E-state index in [0.717, 1.165) is 54.4 Å². The van der Waals surface area contributed by atoms with Gasteiger partial charge in [0.1, 0.15) is 11.6 Å². The second-order valence-electron chi connectivity index (χ2n) is 5.62. The van der Waals surface area contributed by atoms with Crippen molar-refractivity contribution in [2.75, 3.05) is 31.1 Å². The van der Waals surface area contributed by atoms with Gasteiger partial charge in [-0.05, 0) is 24.3 Å². The Morgan fingerprint density at radius 3 is 2.73 bits per heavy atom. The fourth-order valence-electron chi connectivity index (χ4n) is 3.03. The Morgan fingerprint density at radius 1 is 1.09 bits per heavy atom. The average Bonchev–Trinajstić information content (AvgIpc) is 2.93. The molecule has 0 bridgehead atoms. The van der Waals surface area contributed by atoms with Crippen molar-refractivity contribution in [2.24, 2.45) is 7.05 Å².